The molecule has 2 rings (SSSR count). The maximum Gasteiger partial charge on any atom is 2.00 e. The van der Waals surface area contributed by atoms with E-state index in [2.05, 4.69) is 23.2 Å². The average Bonchev–Trinajstić information content (AvgIpc) is 2.43. The zero-order valence-corrected chi connectivity index (χ0v) is 14.4. The van der Waals surface area contributed by atoms with E-state index in [1.807, 2.05) is 44.2 Å². The van der Waals surface area contributed by atoms with E-state index in [0.29, 0.717) is 0 Å². The maximum absolute atomic E-state index is 10.5. The first-order chi connectivity index (χ1) is 8.70. The summed E-state index contributed by atoms with van der Waals surface area (Å²) >= 11 is 0. The third kappa shape index (κ3) is 10.2. The van der Waals surface area contributed by atoms with Crippen LogP contribution in [0.3, 0.4) is 0 Å². The van der Waals surface area contributed by atoms with Crippen molar-refractivity contribution in [2.24, 2.45) is 0 Å². The zero-order chi connectivity index (χ0) is 13.8. The van der Waals surface area contributed by atoms with Gasteiger partial charge in [0.05, 0.1) is 5.78 Å². The minimum atomic E-state index is -0.108. The van der Waals surface area contributed by atoms with Gasteiger partial charge >= 0.3 is 21.1 Å². The molecule has 0 unspecified atom stereocenters. The topological polar surface area (TPSA) is 42.9 Å². The molecule has 0 aliphatic rings. The Morgan fingerprint density at radius 3 is 2.05 bits per heavy atom. The van der Waals surface area contributed by atoms with Crippen molar-refractivity contribution in [2.45, 2.75) is 20.8 Å². The normalized spacial score (nSPS) is 7.74. The largest absolute Gasteiger partial charge is 2.00 e. The smallest absolute Gasteiger partial charge is 0.368 e. The van der Waals surface area contributed by atoms with Gasteiger partial charge in [-0.2, -0.15) is 35.8 Å². The van der Waals surface area contributed by atoms with E-state index in [9.17, 15) is 4.79 Å². The Kier molecular flexibility index (Phi) is 13.6. The Morgan fingerprint density at radius 2 is 1.79 bits per heavy atom. The molecule has 0 saturated heterocycles. The molecule has 4 heteroatoms. The van der Waals surface area contributed by atoms with Crippen molar-refractivity contribution in [1.82, 2.24) is 10.2 Å². The van der Waals surface area contributed by atoms with Gasteiger partial charge < -0.3 is 4.79 Å². The van der Waals surface area contributed by atoms with Gasteiger partial charge in [-0.25, -0.2) is 5.10 Å². The second-order valence-corrected chi connectivity index (χ2v) is 3.07. The Labute approximate surface area is 129 Å². The molecule has 0 aliphatic carbocycles. The molecule has 0 N–H and O–H groups in total. The summed E-state index contributed by atoms with van der Waals surface area (Å²) in [7, 11) is 0. The molecule has 1 heterocycles. The number of Topliss-reactive ketones (excluding diaryl/α,β-unsaturated/α-hetero) is 1. The van der Waals surface area contributed by atoms with Crippen molar-refractivity contribution in [1.29, 1.82) is 0 Å². The SMILES string of the molecule is CC.CC(=O)c1[c-]ccnn1.[CH2-]c1ccccc1.[W+2]. The van der Waals surface area contributed by atoms with E-state index < -0.39 is 0 Å². The number of carbonyl (C=O) groups is 1. The van der Waals surface area contributed by atoms with Gasteiger partial charge in [-0.05, 0) is 13.1 Å². The molecular weight excluding hydrogens is 408 g/mol. The second-order valence-electron chi connectivity index (χ2n) is 3.07. The molecule has 3 nitrogen and oxygen atoms in total. The fourth-order valence-electron chi connectivity index (χ4n) is 0.920. The minimum absolute atomic E-state index is 0. The van der Waals surface area contributed by atoms with Gasteiger partial charge in [0.15, 0.2) is 0 Å². The van der Waals surface area contributed by atoms with E-state index in [4.69, 9.17) is 0 Å². The van der Waals surface area contributed by atoms with Gasteiger partial charge in [0, 0.05) is 5.69 Å². The molecule has 0 radical (unpaired) electrons. The van der Waals surface area contributed by atoms with Crippen LogP contribution >= 0.6 is 0 Å². The first-order valence-electron chi connectivity index (χ1n) is 5.77. The fraction of sp³-hybridized carbons (Fsp3) is 0.200. The van der Waals surface area contributed by atoms with Gasteiger partial charge in [0.2, 0.25) is 0 Å². The molecule has 0 spiro atoms. The van der Waals surface area contributed by atoms with E-state index in [1.165, 1.54) is 13.1 Å². The summed E-state index contributed by atoms with van der Waals surface area (Å²) < 4.78 is 0. The summed E-state index contributed by atoms with van der Waals surface area (Å²) in [5, 5.41) is 7.03. The number of ketones is 1. The summed E-state index contributed by atoms with van der Waals surface area (Å²) in [5.41, 5.74) is 1.36. The van der Waals surface area contributed by atoms with Crippen molar-refractivity contribution in [2.75, 3.05) is 0 Å². The molecule has 0 bridgehead atoms. The van der Waals surface area contributed by atoms with Crippen LogP contribution in [0.15, 0.2) is 42.6 Å². The molecule has 0 atom stereocenters. The quantitative estimate of drug-likeness (QED) is 0.519. The molecule has 19 heavy (non-hydrogen) atoms. The predicted molar refractivity (Wildman–Crippen MR) is 73.1 cm³/mol. The fourth-order valence-corrected chi connectivity index (χ4v) is 0.920. The number of rotatable bonds is 1. The van der Waals surface area contributed by atoms with Crippen molar-refractivity contribution in [3.63, 3.8) is 0 Å². The monoisotopic (exact) mass is 426 g/mol. The number of benzene rings is 1. The average molecular weight is 426 g/mol. The predicted octanol–water partition coefficient (Wildman–Crippen LogP) is 3.37. The van der Waals surface area contributed by atoms with Crippen LogP contribution in [0.25, 0.3) is 0 Å². The van der Waals surface area contributed by atoms with Crippen LogP contribution in [-0.2, 0) is 21.1 Å². The number of hydrogen-bond acceptors (Lipinski definition) is 3. The third-order valence-corrected chi connectivity index (χ3v) is 1.70. The van der Waals surface area contributed by atoms with Crippen molar-refractivity contribution < 1.29 is 25.9 Å². The van der Waals surface area contributed by atoms with Crippen LogP contribution in [0.4, 0.5) is 0 Å². The summed E-state index contributed by atoms with van der Waals surface area (Å²) in [6, 6.07) is 14.1. The summed E-state index contributed by atoms with van der Waals surface area (Å²) in [5.74, 6) is -0.108. The summed E-state index contributed by atoms with van der Waals surface area (Å²) in [4.78, 5) is 10.5. The number of nitrogens with zero attached hydrogens (tertiary/aromatic N) is 2. The van der Waals surface area contributed by atoms with Gasteiger partial charge in [-0.15, -0.1) is 18.2 Å². The molecular formula is C15H18N2OW. The standard InChI is InChI=1S/C7H7.C6H5N2O.C2H6.W/c1-7-5-3-2-4-6-7;1-5(9)6-3-2-4-7-8-6;1-2;/h2-6H,1H2;2,4H,1H3;1-2H3;/q2*-1;;+2. The first-order valence-corrected chi connectivity index (χ1v) is 5.77. The number of hydrogen-bond donors (Lipinski definition) is 0. The van der Waals surface area contributed by atoms with Crippen LogP contribution < -0.4 is 0 Å². The molecule has 0 saturated carbocycles. The molecule has 1 aromatic carbocycles. The molecule has 1 aromatic heterocycles. The van der Waals surface area contributed by atoms with E-state index >= 15 is 0 Å². The third-order valence-electron chi connectivity index (χ3n) is 1.70. The summed E-state index contributed by atoms with van der Waals surface area (Å²) in [6.07, 6.45) is 1.48. The Morgan fingerprint density at radius 1 is 1.21 bits per heavy atom. The van der Waals surface area contributed by atoms with E-state index in [1.54, 1.807) is 6.07 Å². The number of carbonyl (C=O) groups excluding carboxylic acids is 1. The zero-order valence-electron chi connectivity index (χ0n) is 11.5. The van der Waals surface area contributed by atoms with Gasteiger partial charge in [0.25, 0.3) is 0 Å². The van der Waals surface area contributed by atoms with Crippen molar-refractivity contribution in [3.05, 3.63) is 66.8 Å². The number of aromatic nitrogens is 2. The Hall–Kier alpha value is -1.47. The van der Waals surface area contributed by atoms with Crippen LogP contribution in [0.2, 0.25) is 0 Å². The van der Waals surface area contributed by atoms with Crippen LogP contribution in [-0.4, -0.2) is 16.0 Å². The molecule has 0 fully saturated rings. The maximum atomic E-state index is 10.5. The van der Waals surface area contributed by atoms with Crippen LogP contribution in [0.5, 0.6) is 0 Å². The van der Waals surface area contributed by atoms with Gasteiger partial charge in [0.1, 0.15) is 0 Å². The molecule has 0 aliphatic heterocycles. The van der Waals surface area contributed by atoms with Gasteiger partial charge in [-0.3, -0.25) is 0 Å². The van der Waals surface area contributed by atoms with Gasteiger partial charge in [-0.1, -0.05) is 19.9 Å². The van der Waals surface area contributed by atoms with E-state index in [0.717, 1.165) is 5.56 Å². The Bertz CT molecular complexity index is 432. The second kappa shape index (κ2) is 13.0. The molecule has 2 aromatic rings. The van der Waals surface area contributed by atoms with Crippen LogP contribution in [0.1, 0.15) is 36.8 Å². The van der Waals surface area contributed by atoms with Crippen LogP contribution in [0, 0.1) is 13.0 Å². The Balaban J connectivity index is 0. The van der Waals surface area contributed by atoms with Crippen molar-refractivity contribution >= 4 is 5.78 Å². The molecule has 100 valence electrons. The van der Waals surface area contributed by atoms with Crippen molar-refractivity contribution in [3.8, 4) is 0 Å². The minimum Gasteiger partial charge on any atom is -0.368 e. The van der Waals surface area contributed by atoms with E-state index in [-0.39, 0.29) is 32.5 Å². The molecule has 0 amide bonds. The summed E-state index contributed by atoms with van der Waals surface area (Å²) in [6.45, 7) is 9.15. The first kappa shape index (κ1) is 19.9.